The molecule has 0 spiro atoms. The molecule has 0 bridgehead atoms. The minimum Gasteiger partial charge on any atom is -0.369 e. The molecule has 1 fully saturated rings. The number of rotatable bonds is 4. The van der Waals surface area contributed by atoms with Crippen LogP contribution in [0.25, 0.3) is 6.08 Å². The van der Waals surface area contributed by atoms with Crippen LogP contribution in [0.1, 0.15) is 63.1 Å². The van der Waals surface area contributed by atoms with E-state index in [4.69, 9.17) is 4.99 Å². The number of thioether (sulfide) groups is 1. The van der Waals surface area contributed by atoms with Crippen LogP contribution in [0.4, 0.5) is 11.4 Å². The molecule has 5 heteroatoms. The summed E-state index contributed by atoms with van der Waals surface area (Å²) in [5, 5.41) is 0.764. The monoisotopic (exact) mass is 447 g/mol. The highest BCUT2D eigenvalue weighted by molar-refractivity contribution is 8.18. The Morgan fingerprint density at radius 2 is 1.94 bits per heavy atom. The van der Waals surface area contributed by atoms with Gasteiger partial charge in [-0.15, -0.1) is 0 Å². The maximum atomic E-state index is 13.2. The van der Waals surface area contributed by atoms with Gasteiger partial charge < -0.3 is 4.90 Å². The summed E-state index contributed by atoms with van der Waals surface area (Å²) >= 11 is 1.48. The Balaban J connectivity index is 1.72. The molecule has 0 saturated carbocycles. The van der Waals surface area contributed by atoms with Crippen LogP contribution in [0.2, 0.25) is 0 Å². The Hall–Kier alpha value is -2.53. The molecule has 168 valence electrons. The Morgan fingerprint density at radius 3 is 2.62 bits per heavy atom. The summed E-state index contributed by atoms with van der Waals surface area (Å²) < 4.78 is 0. The fraction of sp³-hybridized carbons (Fsp3) is 0.407. The Bertz CT molecular complexity index is 1090. The third-order valence-corrected chi connectivity index (χ3v) is 7.63. The molecule has 2 aromatic rings. The number of hydrogen-bond acceptors (Lipinski definition) is 4. The fourth-order valence-electron chi connectivity index (χ4n) is 4.66. The van der Waals surface area contributed by atoms with Crippen molar-refractivity contribution in [3.05, 3.63) is 64.1 Å². The quantitative estimate of drug-likeness (QED) is 0.487. The predicted molar refractivity (Wildman–Crippen MR) is 138 cm³/mol. The number of anilines is 1. The molecule has 1 amide bonds. The number of nitrogens with zero attached hydrogens (tertiary/aromatic N) is 3. The summed E-state index contributed by atoms with van der Waals surface area (Å²) in [5.41, 5.74) is 5.99. The Labute approximate surface area is 196 Å². The van der Waals surface area contributed by atoms with Gasteiger partial charge in [-0.25, -0.2) is 4.99 Å². The van der Waals surface area contributed by atoms with Crippen LogP contribution in [0.3, 0.4) is 0 Å². The lowest BCUT2D eigenvalue weighted by atomic mass is 9.79. The first-order chi connectivity index (χ1) is 15.2. The van der Waals surface area contributed by atoms with Crippen LogP contribution < -0.4 is 4.90 Å². The lowest BCUT2D eigenvalue weighted by molar-refractivity contribution is -0.122. The highest BCUT2D eigenvalue weighted by atomic mass is 32.2. The summed E-state index contributed by atoms with van der Waals surface area (Å²) in [4.78, 5) is 23.0. The number of carbonyl (C=O) groups excluding carboxylic acids is 1. The molecule has 0 unspecified atom stereocenters. The van der Waals surface area contributed by atoms with E-state index in [2.05, 4.69) is 64.8 Å². The van der Waals surface area contributed by atoms with E-state index >= 15 is 0 Å². The summed E-state index contributed by atoms with van der Waals surface area (Å²) in [5.74, 6) is 0.530. The number of aliphatic imine (C=N–C) groups is 1. The predicted octanol–water partition coefficient (Wildman–Crippen LogP) is 6.73. The Morgan fingerprint density at radius 1 is 1.22 bits per heavy atom. The molecule has 32 heavy (non-hydrogen) atoms. The zero-order valence-electron chi connectivity index (χ0n) is 20.0. The summed E-state index contributed by atoms with van der Waals surface area (Å²) in [6.07, 6.45) is 4.07. The van der Waals surface area contributed by atoms with Gasteiger partial charge in [-0.1, -0.05) is 32.0 Å². The first-order valence-electron chi connectivity index (χ1n) is 11.4. The standard InChI is InChI=1S/C27H33N3OS/c1-7-13-30-25(31)24(32-26(30)28-21-11-9-8-10-12-21)16-20-15-22-19(3)17-27(4,5)29(6)23(22)14-18(20)2/h8-12,14-16,19H,7,13,17H2,1-6H3/b24-16-,28-26?/t19-/m1/s1. The molecule has 1 atom stereocenters. The van der Waals surface area contributed by atoms with Crippen LogP contribution in [-0.2, 0) is 4.79 Å². The van der Waals surface area contributed by atoms with Crippen molar-refractivity contribution in [2.45, 2.75) is 58.9 Å². The van der Waals surface area contributed by atoms with Gasteiger partial charge in [0.25, 0.3) is 5.91 Å². The van der Waals surface area contributed by atoms with Gasteiger partial charge in [0, 0.05) is 24.8 Å². The van der Waals surface area contributed by atoms with Gasteiger partial charge in [0.1, 0.15) is 0 Å². The maximum Gasteiger partial charge on any atom is 0.266 e. The van der Waals surface area contributed by atoms with Gasteiger partial charge in [-0.05, 0) is 98.3 Å². The van der Waals surface area contributed by atoms with Gasteiger partial charge in [0.05, 0.1) is 10.6 Å². The van der Waals surface area contributed by atoms with E-state index < -0.39 is 0 Å². The van der Waals surface area contributed by atoms with Gasteiger partial charge in [-0.2, -0.15) is 0 Å². The lowest BCUT2D eigenvalue weighted by Gasteiger charge is -2.45. The average molecular weight is 448 g/mol. The number of para-hydroxylation sites is 1. The number of hydrogen-bond donors (Lipinski definition) is 0. The SMILES string of the molecule is CCCN1C(=O)/C(=C/c2cc3c(cc2C)N(C)C(C)(C)C[C@H]3C)SC1=Nc1ccccc1. The van der Waals surface area contributed by atoms with Gasteiger partial charge in [-0.3, -0.25) is 9.69 Å². The number of amides is 1. The van der Waals surface area contributed by atoms with Crippen LogP contribution >= 0.6 is 11.8 Å². The van der Waals surface area contributed by atoms with Crippen LogP contribution in [0.15, 0.2) is 52.4 Å². The van der Waals surface area contributed by atoms with E-state index in [9.17, 15) is 4.79 Å². The molecular weight excluding hydrogens is 414 g/mol. The number of fused-ring (bicyclic) bond motifs is 1. The smallest absolute Gasteiger partial charge is 0.266 e. The summed E-state index contributed by atoms with van der Waals surface area (Å²) in [6, 6.07) is 14.4. The van der Waals surface area contributed by atoms with Gasteiger partial charge >= 0.3 is 0 Å². The maximum absolute atomic E-state index is 13.2. The largest absolute Gasteiger partial charge is 0.369 e. The van der Waals surface area contributed by atoms with Crippen LogP contribution in [0, 0.1) is 6.92 Å². The average Bonchev–Trinajstić information content (AvgIpc) is 3.03. The van der Waals surface area contributed by atoms with E-state index in [1.54, 1.807) is 0 Å². The molecule has 0 aromatic heterocycles. The highest BCUT2D eigenvalue weighted by Crippen LogP contribution is 2.44. The highest BCUT2D eigenvalue weighted by Gasteiger charge is 2.35. The second-order valence-corrected chi connectivity index (χ2v) is 10.6. The van der Waals surface area contributed by atoms with Gasteiger partial charge in [0.15, 0.2) is 5.17 Å². The van der Waals surface area contributed by atoms with E-state index in [1.165, 1.54) is 28.6 Å². The van der Waals surface area contributed by atoms with Crippen LogP contribution in [0.5, 0.6) is 0 Å². The van der Waals surface area contributed by atoms with Gasteiger partial charge in [0.2, 0.25) is 0 Å². The molecule has 2 aliphatic heterocycles. The fourth-order valence-corrected chi connectivity index (χ4v) is 5.67. The van der Waals surface area contributed by atoms with E-state index in [0.29, 0.717) is 12.5 Å². The van der Waals surface area contributed by atoms with Crippen molar-refractivity contribution >= 4 is 40.3 Å². The van der Waals surface area contributed by atoms with Crippen molar-refractivity contribution < 1.29 is 4.79 Å². The summed E-state index contributed by atoms with van der Waals surface area (Å²) in [7, 11) is 2.19. The zero-order chi connectivity index (χ0) is 23.0. The molecule has 4 nitrogen and oxygen atoms in total. The molecule has 0 aliphatic carbocycles. The third kappa shape index (κ3) is 4.23. The molecule has 1 saturated heterocycles. The minimum atomic E-state index is 0.0509. The molecule has 4 rings (SSSR count). The lowest BCUT2D eigenvalue weighted by Crippen LogP contribution is -2.45. The second kappa shape index (κ2) is 8.78. The molecular formula is C27H33N3OS. The molecule has 2 heterocycles. The van der Waals surface area contributed by atoms with Crippen molar-refractivity contribution in [1.82, 2.24) is 4.90 Å². The molecule has 0 N–H and O–H groups in total. The number of aryl methyl sites for hydroxylation is 1. The first-order valence-corrected chi connectivity index (χ1v) is 12.3. The topological polar surface area (TPSA) is 35.9 Å². The van der Waals surface area contributed by atoms with Crippen molar-refractivity contribution in [3.8, 4) is 0 Å². The minimum absolute atomic E-state index is 0.0509. The Kier molecular flexibility index (Phi) is 6.22. The van der Waals surface area contributed by atoms with Crippen LogP contribution in [-0.4, -0.2) is 35.1 Å². The molecule has 0 radical (unpaired) electrons. The number of amidine groups is 1. The van der Waals surface area contributed by atoms with Crippen molar-refractivity contribution in [2.24, 2.45) is 4.99 Å². The summed E-state index contributed by atoms with van der Waals surface area (Å²) in [6.45, 7) is 11.8. The van der Waals surface area contributed by atoms with Crippen molar-refractivity contribution in [1.29, 1.82) is 0 Å². The van der Waals surface area contributed by atoms with Crippen molar-refractivity contribution in [3.63, 3.8) is 0 Å². The second-order valence-electron chi connectivity index (χ2n) is 9.54. The van der Waals surface area contributed by atoms with E-state index in [-0.39, 0.29) is 11.4 Å². The number of carbonyl (C=O) groups is 1. The van der Waals surface area contributed by atoms with E-state index in [0.717, 1.165) is 34.2 Å². The van der Waals surface area contributed by atoms with Crippen molar-refractivity contribution in [2.75, 3.05) is 18.5 Å². The molecule has 2 aromatic carbocycles. The van der Waals surface area contributed by atoms with E-state index in [1.807, 2.05) is 35.2 Å². The normalized spacial score (nSPS) is 22.7. The third-order valence-electron chi connectivity index (χ3n) is 6.62. The first kappa shape index (κ1) is 22.7. The molecule has 2 aliphatic rings. The number of benzene rings is 2. The zero-order valence-corrected chi connectivity index (χ0v) is 20.8.